The van der Waals surface area contributed by atoms with E-state index in [4.69, 9.17) is 4.74 Å². The van der Waals surface area contributed by atoms with Gasteiger partial charge in [-0.1, -0.05) is 6.07 Å². The van der Waals surface area contributed by atoms with E-state index in [2.05, 4.69) is 24.8 Å². The number of Topliss-reactive ketones (excluding diaryl/α,β-unsaturated/α-hetero) is 1. The summed E-state index contributed by atoms with van der Waals surface area (Å²) in [6.07, 6.45) is 2.52. The summed E-state index contributed by atoms with van der Waals surface area (Å²) >= 11 is 0. The molecular formula is C18H27NO2. The van der Waals surface area contributed by atoms with Gasteiger partial charge in [0.05, 0.1) is 12.6 Å². The number of carbonyl (C=O) groups excluding carboxylic acids is 1. The Hall–Kier alpha value is -1.19. The SMILES string of the molecule is CCOC1CCCN(CC(=O)c2cc(C)c(C)cc2C)C1. The Balaban J connectivity index is 2.02. The Morgan fingerprint density at radius 3 is 2.67 bits per heavy atom. The van der Waals surface area contributed by atoms with Gasteiger partial charge in [0.15, 0.2) is 5.78 Å². The summed E-state index contributed by atoms with van der Waals surface area (Å²) < 4.78 is 5.71. The van der Waals surface area contributed by atoms with Crippen molar-refractivity contribution < 1.29 is 9.53 Å². The Kier molecular flexibility index (Phi) is 5.54. The molecule has 0 spiro atoms. The molecule has 116 valence electrons. The fourth-order valence-corrected chi connectivity index (χ4v) is 3.08. The highest BCUT2D eigenvalue weighted by Gasteiger charge is 2.22. The molecule has 1 aliphatic rings. The number of benzene rings is 1. The van der Waals surface area contributed by atoms with Crippen molar-refractivity contribution in [2.75, 3.05) is 26.2 Å². The number of hydrogen-bond acceptors (Lipinski definition) is 3. The Morgan fingerprint density at radius 1 is 1.24 bits per heavy atom. The third-order valence-corrected chi connectivity index (χ3v) is 4.37. The third-order valence-electron chi connectivity index (χ3n) is 4.37. The average molecular weight is 289 g/mol. The maximum atomic E-state index is 12.6. The third kappa shape index (κ3) is 4.14. The van der Waals surface area contributed by atoms with Crippen LogP contribution in [-0.4, -0.2) is 43.0 Å². The molecule has 0 aromatic heterocycles. The number of rotatable bonds is 5. The van der Waals surface area contributed by atoms with Crippen LogP contribution in [0.15, 0.2) is 12.1 Å². The van der Waals surface area contributed by atoms with E-state index in [1.165, 1.54) is 11.1 Å². The fourth-order valence-electron chi connectivity index (χ4n) is 3.08. The van der Waals surface area contributed by atoms with Crippen LogP contribution in [0.2, 0.25) is 0 Å². The van der Waals surface area contributed by atoms with E-state index < -0.39 is 0 Å². The van der Waals surface area contributed by atoms with Crippen molar-refractivity contribution in [1.29, 1.82) is 0 Å². The number of likely N-dealkylation sites (tertiary alicyclic amines) is 1. The molecule has 21 heavy (non-hydrogen) atoms. The van der Waals surface area contributed by atoms with Crippen molar-refractivity contribution in [1.82, 2.24) is 4.90 Å². The van der Waals surface area contributed by atoms with E-state index in [0.29, 0.717) is 6.54 Å². The van der Waals surface area contributed by atoms with Gasteiger partial charge in [-0.15, -0.1) is 0 Å². The fraction of sp³-hybridized carbons (Fsp3) is 0.611. The number of piperidine rings is 1. The number of aryl methyl sites for hydroxylation is 3. The molecule has 1 atom stereocenters. The van der Waals surface area contributed by atoms with E-state index in [0.717, 1.165) is 43.7 Å². The number of nitrogens with zero attached hydrogens (tertiary/aromatic N) is 1. The topological polar surface area (TPSA) is 29.5 Å². The number of ketones is 1. The van der Waals surface area contributed by atoms with E-state index in [-0.39, 0.29) is 11.9 Å². The molecule has 3 nitrogen and oxygen atoms in total. The first-order valence-corrected chi connectivity index (χ1v) is 7.96. The molecule has 0 N–H and O–H groups in total. The van der Waals surface area contributed by atoms with Gasteiger partial charge in [-0.25, -0.2) is 0 Å². The maximum Gasteiger partial charge on any atom is 0.177 e. The second kappa shape index (κ2) is 7.19. The van der Waals surface area contributed by atoms with Crippen molar-refractivity contribution in [2.24, 2.45) is 0 Å². The minimum atomic E-state index is 0.229. The molecule has 1 saturated heterocycles. The molecule has 1 heterocycles. The van der Waals surface area contributed by atoms with Crippen molar-refractivity contribution in [3.05, 3.63) is 34.4 Å². The highest BCUT2D eigenvalue weighted by molar-refractivity contribution is 5.99. The lowest BCUT2D eigenvalue weighted by Crippen LogP contribution is -2.42. The second-order valence-electron chi connectivity index (χ2n) is 6.13. The van der Waals surface area contributed by atoms with Crippen LogP contribution in [0.1, 0.15) is 46.8 Å². The summed E-state index contributed by atoms with van der Waals surface area (Å²) in [5, 5.41) is 0. The van der Waals surface area contributed by atoms with Crippen LogP contribution in [0.25, 0.3) is 0 Å². The van der Waals surface area contributed by atoms with Crippen LogP contribution in [0, 0.1) is 20.8 Å². The van der Waals surface area contributed by atoms with Gasteiger partial charge in [-0.3, -0.25) is 9.69 Å². The second-order valence-corrected chi connectivity index (χ2v) is 6.13. The Labute approximate surface area is 128 Å². The van der Waals surface area contributed by atoms with Crippen LogP contribution < -0.4 is 0 Å². The summed E-state index contributed by atoms with van der Waals surface area (Å²) in [5.41, 5.74) is 4.39. The van der Waals surface area contributed by atoms with Crippen LogP contribution >= 0.6 is 0 Å². The molecule has 0 bridgehead atoms. The molecule has 1 unspecified atom stereocenters. The molecule has 0 saturated carbocycles. The van der Waals surface area contributed by atoms with Gasteiger partial charge in [0.1, 0.15) is 0 Å². The quantitative estimate of drug-likeness (QED) is 0.779. The van der Waals surface area contributed by atoms with Crippen LogP contribution in [-0.2, 0) is 4.74 Å². The molecular weight excluding hydrogens is 262 g/mol. The van der Waals surface area contributed by atoms with E-state index in [1.807, 2.05) is 19.9 Å². The molecule has 0 aliphatic carbocycles. The predicted molar refractivity (Wildman–Crippen MR) is 86.1 cm³/mol. The molecule has 1 fully saturated rings. The lowest BCUT2D eigenvalue weighted by atomic mass is 9.97. The van der Waals surface area contributed by atoms with E-state index in [9.17, 15) is 4.79 Å². The predicted octanol–water partition coefficient (Wildman–Crippen LogP) is 3.30. The zero-order valence-corrected chi connectivity index (χ0v) is 13.7. The zero-order valence-electron chi connectivity index (χ0n) is 13.7. The summed E-state index contributed by atoms with van der Waals surface area (Å²) in [6, 6.07) is 4.15. The highest BCUT2D eigenvalue weighted by Crippen LogP contribution is 2.18. The van der Waals surface area contributed by atoms with Crippen molar-refractivity contribution in [3.8, 4) is 0 Å². The Bertz CT molecular complexity index is 508. The smallest absolute Gasteiger partial charge is 0.177 e. The summed E-state index contributed by atoms with van der Waals surface area (Å²) in [6.45, 7) is 11.4. The minimum Gasteiger partial charge on any atom is -0.377 e. The molecule has 1 aromatic rings. The summed E-state index contributed by atoms with van der Waals surface area (Å²) in [5.74, 6) is 0.229. The Morgan fingerprint density at radius 2 is 1.95 bits per heavy atom. The number of carbonyl (C=O) groups is 1. The van der Waals surface area contributed by atoms with Crippen molar-refractivity contribution in [3.63, 3.8) is 0 Å². The van der Waals surface area contributed by atoms with Gasteiger partial charge < -0.3 is 4.74 Å². The van der Waals surface area contributed by atoms with Gasteiger partial charge in [0.2, 0.25) is 0 Å². The monoisotopic (exact) mass is 289 g/mol. The normalized spacial score (nSPS) is 19.7. The maximum absolute atomic E-state index is 12.6. The van der Waals surface area contributed by atoms with Crippen LogP contribution in [0.4, 0.5) is 0 Å². The largest absolute Gasteiger partial charge is 0.377 e. The van der Waals surface area contributed by atoms with E-state index in [1.54, 1.807) is 0 Å². The standard InChI is InChI=1S/C18H27NO2/c1-5-21-16-7-6-8-19(11-16)12-18(20)17-10-14(3)13(2)9-15(17)4/h9-10,16H,5-8,11-12H2,1-4H3. The first-order chi connectivity index (χ1) is 10.0. The van der Waals surface area contributed by atoms with E-state index >= 15 is 0 Å². The molecule has 0 amide bonds. The first kappa shape index (κ1) is 16.2. The first-order valence-electron chi connectivity index (χ1n) is 7.96. The van der Waals surface area contributed by atoms with Crippen LogP contribution in [0.3, 0.4) is 0 Å². The van der Waals surface area contributed by atoms with Crippen LogP contribution in [0.5, 0.6) is 0 Å². The van der Waals surface area contributed by atoms with Gasteiger partial charge in [0, 0.05) is 18.7 Å². The molecule has 0 radical (unpaired) electrons. The number of ether oxygens (including phenoxy) is 1. The molecule has 2 rings (SSSR count). The summed E-state index contributed by atoms with van der Waals surface area (Å²) in [4.78, 5) is 14.8. The molecule has 3 heteroatoms. The lowest BCUT2D eigenvalue weighted by Gasteiger charge is -2.32. The van der Waals surface area contributed by atoms with Gasteiger partial charge in [-0.2, -0.15) is 0 Å². The highest BCUT2D eigenvalue weighted by atomic mass is 16.5. The average Bonchev–Trinajstić information content (AvgIpc) is 2.43. The van der Waals surface area contributed by atoms with Gasteiger partial charge in [-0.05, 0) is 69.8 Å². The molecule has 1 aliphatic heterocycles. The van der Waals surface area contributed by atoms with Gasteiger partial charge in [0.25, 0.3) is 0 Å². The van der Waals surface area contributed by atoms with Crippen molar-refractivity contribution >= 4 is 5.78 Å². The number of hydrogen-bond donors (Lipinski definition) is 0. The molecule has 1 aromatic carbocycles. The van der Waals surface area contributed by atoms with Gasteiger partial charge >= 0.3 is 0 Å². The minimum absolute atomic E-state index is 0.229. The zero-order chi connectivity index (χ0) is 15.4. The lowest BCUT2D eigenvalue weighted by molar-refractivity contribution is 0.00718. The summed E-state index contributed by atoms with van der Waals surface area (Å²) in [7, 11) is 0. The van der Waals surface area contributed by atoms with Crippen molar-refractivity contribution in [2.45, 2.75) is 46.6 Å².